The highest BCUT2D eigenvalue weighted by Crippen LogP contribution is 2.18. The minimum atomic E-state index is -0.171. The fraction of sp³-hybridized carbons (Fsp3) is 0.125. The number of rotatable bonds is 6. The Morgan fingerprint density at radius 2 is 2.14 bits per heavy atom. The van der Waals surface area contributed by atoms with Gasteiger partial charge in [0.15, 0.2) is 0 Å². The standard InChI is InChI=1S/C16H15N3O3/c20-16(6-5-14-3-1-9-21-14)17-7-8-19-12-13(11-18-19)15-4-2-10-22-15/h1-6,9-12H,7-8H2,(H,17,20). The maximum atomic E-state index is 11.6. The summed E-state index contributed by atoms with van der Waals surface area (Å²) in [6.45, 7) is 1.07. The van der Waals surface area contributed by atoms with Crippen LogP contribution in [0.5, 0.6) is 0 Å². The minimum Gasteiger partial charge on any atom is -0.465 e. The number of hydrogen-bond acceptors (Lipinski definition) is 4. The zero-order valence-electron chi connectivity index (χ0n) is 11.8. The monoisotopic (exact) mass is 297 g/mol. The SMILES string of the molecule is O=C(C=Cc1ccco1)NCCn1cc(-c2ccco2)cn1. The number of furan rings is 2. The molecule has 0 saturated carbocycles. The van der Waals surface area contributed by atoms with Gasteiger partial charge in [-0.05, 0) is 30.3 Å². The van der Waals surface area contributed by atoms with Gasteiger partial charge in [-0.15, -0.1) is 0 Å². The van der Waals surface area contributed by atoms with E-state index < -0.39 is 0 Å². The summed E-state index contributed by atoms with van der Waals surface area (Å²) < 4.78 is 12.2. The van der Waals surface area contributed by atoms with Gasteiger partial charge in [-0.3, -0.25) is 9.48 Å². The summed E-state index contributed by atoms with van der Waals surface area (Å²) in [4.78, 5) is 11.6. The fourth-order valence-corrected chi connectivity index (χ4v) is 1.95. The van der Waals surface area contributed by atoms with Crippen molar-refractivity contribution >= 4 is 12.0 Å². The van der Waals surface area contributed by atoms with E-state index in [1.807, 2.05) is 18.3 Å². The summed E-state index contributed by atoms with van der Waals surface area (Å²) in [5, 5.41) is 7.01. The third-order valence-electron chi connectivity index (χ3n) is 3.02. The number of carbonyl (C=O) groups is 1. The zero-order valence-corrected chi connectivity index (χ0v) is 11.8. The van der Waals surface area contributed by atoms with Crippen molar-refractivity contribution < 1.29 is 13.6 Å². The van der Waals surface area contributed by atoms with Crippen LogP contribution in [0, 0.1) is 0 Å². The maximum absolute atomic E-state index is 11.6. The lowest BCUT2D eigenvalue weighted by Crippen LogP contribution is -2.25. The van der Waals surface area contributed by atoms with E-state index in [0.29, 0.717) is 18.8 Å². The van der Waals surface area contributed by atoms with Gasteiger partial charge < -0.3 is 14.2 Å². The van der Waals surface area contributed by atoms with Crippen LogP contribution < -0.4 is 5.32 Å². The topological polar surface area (TPSA) is 73.2 Å². The van der Waals surface area contributed by atoms with Crippen molar-refractivity contribution in [3.8, 4) is 11.3 Å². The molecule has 1 N–H and O–H groups in total. The maximum Gasteiger partial charge on any atom is 0.244 e. The van der Waals surface area contributed by atoms with Gasteiger partial charge in [-0.1, -0.05) is 0 Å². The molecule has 6 heteroatoms. The minimum absolute atomic E-state index is 0.171. The molecule has 0 aliphatic heterocycles. The molecular formula is C16H15N3O3. The Kier molecular flexibility index (Phi) is 4.20. The Morgan fingerprint density at radius 1 is 1.27 bits per heavy atom. The molecule has 112 valence electrons. The highest BCUT2D eigenvalue weighted by Gasteiger charge is 2.04. The predicted molar refractivity (Wildman–Crippen MR) is 80.7 cm³/mol. The molecule has 0 aliphatic carbocycles. The average molecular weight is 297 g/mol. The number of amides is 1. The van der Waals surface area contributed by atoms with Gasteiger partial charge in [-0.25, -0.2) is 0 Å². The van der Waals surface area contributed by atoms with Crippen molar-refractivity contribution in [2.24, 2.45) is 0 Å². The first-order valence-electron chi connectivity index (χ1n) is 6.87. The lowest BCUT2D eigenvalue weighted by atomic mass is 10.3. The second kappa shape index (κ2) is 6.62. The normalized spacial score (nSPS) is 11.1. The summed E-state index contributed by atoms with van der Waals surface area (Å²) >= 11 is 0. The van der Waals surface area contributed by atoms with Crippen LogP contribution in [0.3, 0.4) is 0 Å². The number of nitrogens with zero attached hydrogens (tertiary/aromatic N) is 2. The first kappa shape index (κ1) is 13.9. The first-order chi connectivity index (χ1) is 10.8. The second-order valence-electron chi connectivity index (χ2n) is 4.61. The van der Waals surface area contributed by atoms with Gasteiger partial charge in [0, 0.05) is 18.8 Å². The molecule has 0 spiro atoms. The van der Waals surface area contributed by atoms with E-state index in [1.165, 1.54) is 6.08 Å². The van der Waals surface area contributed by atoms with Crippen molar-refractivity contribution in [2.45, 2.75) is 6.54 Å². The molecule has 0 fully saturated rings. The summed E-state index contributed by atoms with van der Waals surface area (Å²) in [6.07, 6.45) is 9.86. The third kappa shape index (κ3) is 3.54. The van der Waals surface area contributed by atoms with Crippen molar-refractivity contribution in [2.75, 3.05) is 6.54 Å². The van der Waals surface area contributed by atoms with Crippen LogP contribution in [0.4, 0.5) is 0 Å². The van der Waals surface area contributed by atoms with Crippen molar-refractivity contribution in [3.05, 3.63) is 61.0 Å². The average Bonchev–Trinajstić information content (AvgIpc) is 3.26. The number of hydrogen-bond donors (Lipinski definition) is 1. The van der Waals surface area contributed by atoms with Crippen molar-refractivity contribution in [1.82, 2.24) is 15.1 Å². The molecule has 0 unspecified atom stereocenters. The van der Waals surface area contributed by atoms with E-state index in [9.17, 15) is 4.79 Å². The zero-order chi connectivity index (χ0) is 15.2. The molecular weight excluding hydrogens is 282 g/mol. The second-order valence-corrected chi connectivity index (χ2v) is 4.61. The summed E-state index contributed by atoms with van der Waals surface area (Å²) in [6, 6.07) is 7.26. The van der Waals surface area contributed by atoms with Crippen LogP contribution in [0.15, 0.2) is 64.1 Å². The van der Waals surface area contributed by atoms with Crippen LogP contribution >= 0.6 is 0 Å². The summed E-state index contributed by atoms with van der Waals surface area (Å²) in [5.74, 6) is 1.25. The number of nitrogens with one attached hydrogen (secondary N) is 1. The number of carbonyl (C=O) groups excluding carboxylic acids is 1. The smallest absolute Gasteiger partial charge is 0.244 e. The molecule has 3 aromatic heterocycles. The lowest BCUT2D eigenvalue weighted by molar-refractivity contribution is -0.116. The van der Waals surface area contributed by atoms with Gasteiger partial charge in [0.05, 0.1) is 30.8 Å². The van der Waals surface area contributed by atoms with E-state index in [4.69, 9.17) is 8.83 Å². The van der Waals surface area contributed by atoms with Crippen LogP contribution in [-0.4, -0.2) is 22.2 Å². The van der Waals surface area contributed by atoms with E-state index in [1.54, 1.807) is 41.6 Å². The van der Waals surface area contributed by atoms with Crippen LogP contribution in [-0.2, 0) is 11.3 Å². The Balaban J connectivity index is 1.46. The Labute approximate surface area is 127 Å². The molecule has 0 bridgehead atoms. The molecule has 22 heavy (non-hydrogen) atoms. The van der Waals surface area contributed by atoms with Gasteiger partial charge in [0.1, 0.15) is 11.5 Å². The predicted octanol–water partition coefficient (Wildman–Crippen LogP) is 2.57. The molecule has 0 aliphatic rings. The van der Waals surface area contributed by atoms with Crippen molar-refractivity contribution in [3.63, 3.8) is 0 Å². The van der Waals surface area contributed by atoms with Gasteiger partial charge in [0.2, 0.25) is 5.91 Å². The van der Waals surface area contributed by atoms with Crippen LogP contribution in [0.1, 0.15) is 5.76 Å². The fourth-order valence-electron chi connectivity index (χ4n) is 1.95. The molecule has 6 nitrogen and oxygen atoms in total. The van der Waals surface area contributed by atoms with Gasteiger partial charge >= 0.3 is 0 Å². The molecule has 0 saturated heterocycles. The Bertz CT molecular complexity index is 740. The highest BCUT2D eigenvalue weighted by atomic mass is 16.3. The first-order valence-corrected chi connectivity index (χ1v) is 6.87. The van der Waals surface area contributed by atoms with E-state index >= 15 is 0 Å². The molecule has 0 radical (unpaired) electrons. The van der Waals surface area contributed by atoms with E-state index in [-0.39, 0.29) is 5.91 Å². The van der Waals surface area contributed by atoms with Crippen molar-refractivity contribution in [1.29, 1.82) is 0 Å². The summed E-state index contributed by atoms with van der Waals surface area (Å²) in [7, 11) is 0. The largest absolute Gasteiger partial charge is 0.465 e. The molecule has 3 rings (SSSR count). The highest BCUT2D eigenvalue weighted by molar-refractivity contribution is 5.91. The summed E-state index contributed by atoms with van der Waals surface area (Å²) in [5.41, 5.74) is 0.911. The van der Waals surface area contributed by atoms with Crippen LogP contribution in [0.2, 0.25) is 0 Å². The quantitative estimate of drug-likeness (QED) is 0.710. The molecule has 1 amide bonds. The third-order valence-corrected chi connectivity index (χ3v) is 3.02. The lowest BCUT2D eigenvalue weighted by Gasteiger charge is -2.02. The number of aromatic nitrogens is 2. The van der Waals surface area contributed by atoms with Gasteiger partial charge in [0.25, 0.3) is 0 Å². The molecule has 3 aromatic rings. The van der Waals surface area contributed by atoms with E-state index in [2.05, 4.69) is 10.4 Å². The van der Waals surface area contributed by atoms with Crippen LogP contribution in [0.25, 0.3) is 17.4 Å². The molecule has 3 heterocycles. The Hall–Kier alpha value is -3.02. The van der Waals surface area contributed by atoms with E-state index in [0.717, 1.165) is 11.3 Å². The molecule has 0 aromatic carbocycles. The molecule has 0 atom stereocenters. The Morgan fingerprint density at radius 3 is 2.91 bits per heavy atom. The van der Waals surface area contributed by atoms with Gasteiger partial charge in [-0.2, -0.15) is 5.10 Å².